The van der Waals surface area contributed by atoms with Gasteiger partial charge in [0.05, 0.1) is 10.6 Å². The summed E-state index contributed by atoms with van der Waals surface area (Å²) in [6.45, 7) is 9.56. The molecule has 0 unspecified atom stereocenters. The Morgan fingerprint density at radius 3 is 2.18 bits per heavy atom. The molecular weight excluding hydrogens is 498 g/mol. The minimum Gasteiger partial charge on any atom is -0.354 e. The maximum Gasteiger partial charge on any atom is 0.264 e. The highest BCUT2D eigenvalue weighted by Crippen LogP contribution is 2.29. The van der Waals surface area contributed by atoms with Gasteiger partial charge in [-0.1, -0.05) is 67.1 Å². The summed E-state index contributed by atoms with van der Waals surface area (Å²) in [4.78, 5) is 28.4. The molecule has 38 heavy (non-hydrogen) atoms. The fraction of sp³-hybridized carbons (Fsp3) is 0.333. The maximum atomic E-state index is 13.9. The van der Waals surface area contributed by atoms with E-state index < -0.39 is 28.5 Å². The van der Waals surface area contributed by atoms with Crippen molar-refractivity contribution in [3.8, 4) is 0 Å². The van der Waals surface area contributed by atoms with Crippen molar-refractivity contribution in [2.24, 2.45) is 0 Å². The molecule has 0 aromatic heterocycles. The molecule has 3 aromatic carbocycles. The summed E-state index contributed by atoms with van der Waals surface area (Å²) in [5.74, 6) is -0.748. The molecule has 0 bridgehead atoms. The monoisotopic (exact) mass is 535 g/mol. The highest BCUT2D eigenvalue weighted by Gasteiger charge is 2.33. The van der Waals surface area contributed by atoms with E-state index in [9.17, 15) is 18.0 Å². The molecule has 202 valence electrons. The highest BCUT2D eigenvalue weighted by molar-refractivity contribution is 7.92. The number of carbonyl (C=O) groups excluding carboxylic acids is 2. The van der Waals surface area contributed by atoms with Crippen LogP contribution in [0.4, 0.5) is 5.69 Å². The van der Waals surface area contributed by atoms with Crippen LogP contribution >= 0.6 is 0 Å². The predicted molar refractivity (Wildman–Crippen MR) is 151 cm³/mol. The second-order valence-corrected chi connectivity index (χ2v) is 11.4. The fourth-order valence-corrected chi connectivity index (χ4v) is 5.60. The zero-order valence-corrected chi connectivity index (χ0v) is 23.6. The zero-order chi connectivity index (χ0) is 27.9. The van der Waals surface area contributed by atoms with Crippen LogP contribution in [-0.2, 0) is 26.2 Å². The number of nitrogens with one attached hydrogen (secondary N) is 1. The molecule has 0 spiro atoms. The van der Waals surface area contributed by atoms with Crippen LogP contribution in [0.3, 0.4) is 0 Å². The van der Waals surface area contributed by atoms with Crippen molar-refractivity contribution in [2.75, 3.05) is 17.4 Å². The number of anilines is 1. The van der Waals surface area contributed by atoms with Crippen LogP contribution in [-0.4, -0.2) is 44.3 Å². The third-order valence-corrected chi connectivity index (χ3v) is 8.42. The van der Waals surface area contributed by atoms with Crippen molar-refractivity contribution in [1.82, 2.24) is 10.2 Å². The van der Waals surface area contributed by atoms with Gasteiger partial charge in [0.25, 0.3) is 10.0 Å². The Hall–Kier alpha value is -3.65. The summed E-state index contributed by atoms with van der Waals surface area (Å²) in [5.41, 5.74) is 4.03. The first-order valence-electron chi connectivity index (χ1n) is 12.8. The van der Waals surface area contributed by atoms with Gasteiger partial charge in [-0.25, -0.2) is 8.42 Å². The van der Waals surface area contributed by atoms with E-state index in [4.69, 9.17) is 0 Å². The molecule has 0 saturated heterocycles. The van der Waals surface area contributed by atoms with Gasteiger partial charge >= 0.3 is 0 Å². The zero-order valence-electron chi connectivity index (χ0n) is 22.8. The first kappa shape index (κ1) is 28.9. The number of rotatable bonds is 11. The maximum absolute atomic E-state index is 13.9. The van der Waals surface area contributed by atoms with E-state index in [1.807, 2.05) is 58.0 Å². The lowest BCUT2D eigenvalue weighted by atomic mass is 10.1. The Labute approximate surface area is 226 Å². The van der Waals surface area contributed by atoms with Crippen molar-refractivity contribution < 1.29 is 18.0 Å². The van der Waals surface area contributed by atoms with E-state index in [0.717, 1.165) is 33.0 Å². The highest BCUT2D eigenvalue weighted by atomic mass is 32.2. The van der Waals surface area contributed by atoms with E-state index in [1.54, 1.807) is 37.3 Å². The van der Waals surface area contributed by atoms with Gasteiger partial charge in [0.2, 0.25) is 11.8 Å². The molecule has 0 heterocycles. The summed E-state index contributed by atoms with van der Waals surface area (Å²) in [7, 11) is -4.08. The van der Waals surface area contributed by atoms with Crippen molar-refractivity contribution >= 4 is 27.5 Å². The normalized spacial score (nSPS) is 12.0. The van der Waals surface area contributed by atoms with Crippen LogP contribution in [0.2, 0.25) is 0 Å². The van der Waals surface area contributed by atoms with Gasteiger partial charge in [-0.15, -0.1) is 0 Å². The number of benzene rings is 3. The molecular formula is C30H37N3O4S. The Morgan fingerprint density at radius 2 is 1.55 bits per heavy atom. The van der Waals surface area contributed by atoms with Crippen LogP contribution in [0.25, 0.3) is 0 Å². The van der Waals surface area contributed by atoms with Gasteiger partial charge < -0.3 is 10.2 Å². The molecule has 2 amide bonds. The predicted octanol–water partition coefficient (Wildman–Crippen LogP) is 4.75. The second-order valence-electron chi connectivity index (χ2n) is 9.52. The summed E-state index contributed by atoms with van der Waals surface area (Å²) in [6.07, 6.45) is 0.764. The van der Waals surface area contributed by atoms with Gasteiger partial charge in [0, 0.05) is 13.1 Å². The Kier molecular flexibility index (Phi) is 9.69. The number of amides is 2. The van der Waals surface area contributed by atoms with Gasteiger partial charge in [0.15, 0.2) is 0 Å². The minimum atomic E-state index is -4.08. The molecule has 0 aliphatic rings. The molecule has 0 aliphatic carbocycles. The molecule has 3 aromatic rings. The van der Waals surface area contributed by atoms with Crippen LogP contribution in [0.1, 0.15) is 42.5 Å². The van der Waals surface area contributed by atoms with Crippen molar-refractivity contribution in [3.05, 3.63) is 95.1 Å². The molecule has 7 nitrogen and oxygen atoms in total. The Bertz CT molecular complexity index is 1360. The summed E-state index contributed by atoms with van der Waals surface area (Å²) in [6, 6.07) is 20.4. The smallest absolute Gasteiger partial charge is 0.264 e. The van der Waals surface area contributed by atoms with Crippen molar-refractivity contribution in [1.29, 1.82) is 0 Å². The lowest BCUT2D eigenvalue weighted by molar-refractivity contribution is -0.139. The van der Waals surface area contributed by atoms with Gasteiger partial charge in [-0.05, 0) is 69.0 Å². The lowest BCUT2D eigenvalue weighted by Crippen LogP contribution is -2.51. The van der Waals surface area contributed by atoms with E-state index in [-0.39, 0.29) is 17.3 Å². The SMILES string of the molecule is CCCNC(=O)[C@H](C)N(Cc1ccc(C)cc1)C(=O)CN(c1cccc(C)c1C)S(=O)(=O)c1ccccc1. The molecule has 3 rings (SSSR count). The van der Waals surface area contributed by atoms with Crippen molar-refractivity contribution in [2.45, 2.75) is 58.5 Å². The first-order chi connectivity index (χ1) is 18.1. The summed E-state index contributed by atoms with van der Waals surface area (Å²) >= 11 is 0. The molecule has 0 fully saturated rings. The topological polar surface area (TPSA) is 86.8 Å². The van der Waals surface area contributed by atoms with Crippen LogP contribution in [0, 0.1) is 20.8 Å². The van der Waals surface area contributed by atoms with Gasteiger partial charge in [0.1, 0.15) is 12.6 Å². The fourth-order valence-electron chi connectivity index (χ4n) is 4.11. The van der Waals surface area contributed by atoms with E-state index in [2.05, 4.69) is 5.32 Å². The third-order valence-electron chi connectivity index (χ3n) is 6.64. The average molecular weight is 536 g/mol. The first-order valence-corrected chi connectivity index (χ1v) is 14.3. The van der Waals surface area contributed by atoms with E-state index >= 15 is 0 Å². The van der Waals surface area contributed by atoms with Gasteiger partial charge in [-0.3, -0.25) is 13.9 Å². The number of carbonyl (C=O) groups is 2. The standard InChI is InChI=1S/C30H37N3O4S/c1-6-19-31-30(35)25(5)32(20-26-17-15-22(2)16-18-26)29(34)21-33(28-14-10-11-23(3)24(28)4)38(36,37)27-12-8-7-9-13-27/h7-18,25H,6,19-21H2,1-5H3,(H,31,35)/t25-/m0/s1. The average Bonchev–Trinajstić information content (AvgIpc) is 2.91. The van der Waals surface area contributed by atoms with Crippen LogP contribution in [0.5, 0.6) is 0 Å². The number of hydrogen-bond acceptors (Lipinski definition) is 4. The third kappa shape index (κ3) is 6.81. The molecule has 1 N–H and O–H groups in total. The lowest BCUT2D eigenvalue weighted by Gasteiger charge is -2.32. The van der Waals surface area contributed by atoms with Gasteiger partial charge in [-0.2, -0.15) is 0 Å². The quantitative estimate of drug-likeness (QED) is 0.384. The molecule has 0 saturated carbocycles. The number of aryl methyl sites for hydroxylation is 2. The number of nitrogens with zero attached hydrogens (tertiary/aromatic N) is 2. The Balaban J connectivity index is 2.04. The summed E-state index contributed by atoms with van der Waals surface area (Å²) in [5, 5.41) is 2.86. The largest absolute Gasteiger partial charge is 0.354 e. The van der Waals surface area contributed by atoms with Crippen LogP contribution < -0.4 is 9.62 Å². The Morgan fingerprint density at radius 1 is 0.895 bits per heavy atom. The minimum absolute atomic E-state index is 0.0903. The number of hydrogen-bond donors (Lipinski definition) is 1. The van der Waals surface area contributed by atoms with E-state index in [0.29, 0.717) is 12.2 Å². The molecule has 0 aliphatic heterocycles. The van der Waals surface area contributed by atoms with Crippen molar-refractivity contribution in [3.63, 3.8) is 0 Å². The van der Waals surface area contributed by atoms with Crippen LogP contribution in [0.15, 0.2) is 77.7 Å². The second kappa shape index (κ2) is 12.7. The molecule has 8 heteroatoms. The number of sulfonamides is 1. The van der Waals surface area contributed by atoms with E-state index in [1.165, 1.54) is 17.0 Å². The molecule has 0 radical (unpaired) electrons. The molecule has 1 atom stereocenters. The summed E-state index contributed by atoms with van der Waals surface area (Å²) < 4.78 is 28.9.